The van der Waals surface area contributed by atoms with Gasteiger partial charge in [0, 0.05) is 17.0 Å². The number of hydrogen-bond donors (Lipinski definition) is 2. The molecule has 1 saturated heterocycles. The highest BCUT2D eigenvalue weighted by Crippen LogP contribution is 2.31. The number of aliphatic hydroxyl groups excluding tert-OH is 1. The fourth-order valence-corrected chi connectivity index (χ4v) is 3.61. The predicted octanol–water partition coefficient (Wildman–Crippen LogP) is 2.87. The number of para-hydroxylation sites is 1. The second-order valence-electron chi connectivity index (χ2n) is 6.74. The maximum absolute atomic E-state index is 11.0. The average Bonchev–Trinajstić information content (AvgIpc) is 2.68. The van der Waals surface area contributed by atoms with Crippen molar-refractivity contribution >= 4 is 24.2 Å². The molecule has 25 heavy (non-hydrogen) atoms. The van der Waals surface area contributed by atoms with Crippen LogP contribution in [0, 0.1) is 0 Å². The van der Waals surface area contributed by atoms with Crippen LogP contribution in [0.2, 0.25) is 0 Å². The zero-order valence-electron chi connectivity index (χ0n) is 14.2. The standard InChI is InChI=1S/C21H21BN2O/c22-15-10-8-14(9-11-15)20-13-17(16-5-1-2-6-18(16)24-20)21(25)19-7-3-4-12-23-19/h1-2,5-6,8-11,13,19,21,23,25H,3-4,7,12H2/t19-,21-/m1/s1. The molecule has 1 aliphatic heterocycles. The number of nitrogens with one attached hydrogen (secondary N) is 1. The van der Waals surface area contributed by atoms with Gasteiger partial charge in [0.1, 0.15) is 7.85 Å². The van der Waals surface area contributed by atoms with E-state index in [4.69, 9.17) is 12.8 Å². The Bertz CT molecular complexity index is 873. The maximum Gasteiger partial charge on any atom is 0.113 e. The average molecular weight is 328 g/mol. The molecule has 3 aromatic rings. The number of nitrogens with zero attached hydrogens (tertiary/aromatic N) is 1. The van der Waals surface area contributed by atoms with Crippen molar-refractivity contribution in [2.45, 2.75) is 31.4 Å². The summed E-state index contributed by atoms with van der Waals surface area (Å²) in [6.45, 7) is 0.968. The van der Waals surface area contributed by atoms with Crippen molar-refractivity contribution in [1.29, 1.82) is 0 Å². The molecule has 0 unspecified atom stereocenters. The first-order valence-electron chi connectivity index (χ1n) is 8.89. The molecule has 2 aromatic carbocycles. The summed E-state index contributed by atoms with van der Waals surface area (Å²) < 4.78 is 0. The summed E-state index contributed by atoms with van der Waals surface area (Å²) >= 11 is 0. The Morgan fingerprint density at radius 3 is 2.64 bits per heavy atom. The van der Waals surface area contributed by atoms with Crippen LogP contribution in [-0.2, 0) is 0 Å². The normalized spacial score (nSPS) is 19.0. The Hall–Kier alpha value is -2.17. The van der Waals surface area contributed by atoms with E-state index in [0.717, 1.165) is 52.6 Å². The van der Waals surface area contributed by atoms with Crippen LogP contribution in [0.25, 0.3) is 22.2 Å². The minimum Gasteiger partial charge on any atom is -0.387 e. The number of aliphatic hydroxyl groups is 1. The van der Waals surface area contributed by atoms with Crippen molar-refractivity contribution in [3.8, 4) is 11.3 Å². The first-order chi connectivity index (χ1) is 12.2. The SMILES string of the molecule is [B]c1ccc(-c2cc([C@@H](O)[C@H]3CCCCN3)c3ccccc3n2)cc1. The smallest absolute Gasteiger partial charge is 0.113 e. The molecule has 2 N–H and O–H groups in total. The molecule has 124 valence electrons. The second kappa shape index (κ2) is 6.99. The zero-order valence-corrected chi connectivity index (χ0v) is 14.2. The van der Waals surface area contributed by atoms with Gasteiger partial charge in [0.25, 0.3) is 0 Å². The monoisotopic (exact) mass is 328 g/mol. The minimum atomic E-state index is -0.541. The van der Waals surface area contributed by atoms with Gasteiger partial charge in [0.2, 0.25) is 0 Å². The summed E-state index contributed by atoms with van der Waals surface area (Å²) in [4.78, 5) is 4.79. The Balaban J connectivity index is 1.82. The molecule has 0 bridgehead atoms. The highest BCUT2D eigenvalue weighted by atomic mass is 16.3. The van der Waals surface area contributed by atoms with Crippen LogP contribution in [0.5, 0.6) is 0 Å². The van der Waals surface area contributed by atoms with Gasteiger partial charge < -0.3 is 10.4 Å². The first kappa shape index (κ1) is 16.3. The van der Waals surface area contributed by atoms with Crippen LogP contribution in [0.4, 0.5) is 0 Å². The third-order valence-electron chi connectivity index (χ3n) is 5.00. The summed E-state index contributed by atoms with van der Waals surface area (Å²) in [6.07, 6.45) is 2.79. The Morgan fingerprint density at radius 1 is 1.08 bits per heavy atom. The van der Waals surface area contributed by atoms with Gasteiger partial charge in [-0.15, -0.1) is 0 Å². The first-order valence-corrected chi connectivity index (χ1v) is 8.89. The molecule has 4 heteroatoms. The summed E-state index contributed by atoms with van der Waals surface area (Å²) in [6, 6.07) is 17.8. The molecular weight excluding hydrogens is 307 g/mol. The Labute approximate surface area is 149 Å². The Morgan fingerprint density at radius 2 is 1.88 bits per heavy atom. The van der Waals surface area contributed by atoms with Gasteiger partial charge in [-0.2, -0.15) is 0 Å². The summed E-state index contributed by atoms with van der Waals surface area (Å²) in [5.41, 5.74) is 4.45. The van der Waals surface area contributed by atoms with E-state index >= 15 is 0 Å². The molecule has 2 heterocycles. The topological polar surface area (TPSA) is 45.1 Å². The fraction of sp³-hybridized carbons (Fsp3) is 0.286. The van der Waals surface area contributed by atoms with Crippen LogP contribution in [-0.4, -0.2) is 30.5 Å². The van der Waals surface area contributed by atoms with Gasteiger partial charge in [-0.25, -0.2) is 4.98 Å². The van der Waals surface area contributed by atoms with Crippen molar-refractivity contribution < 1.29 is 5.11 Å². The van der Waals surface area contributed by atoms with Crippen LogP contribution in [0.15, 0.2) is 54.6 Å². The number of rotatable bonds is 3. The third kappa shape index (κ3) is 3.32. The highest BCUT2D eigenvalue weighted by Gasteiger charge is 2.25. The van der Waals surface area contributed by atoms with Crippen molar-refractivity contribution in [2.75, 3.05) is 6.54 Å². The van der Waals surface area contributed by atoms with E-state index in [1.807, 2.05) is 54.6 Å². The quantitative estimate of drug-likeness (QED) is 0.727. The minimum absolute atomic E-state index is 0.0961. The fourth-order valence-electron chi connectivity index (χ4n) is 3.61. The van der Waals surface area contributed by atoms with Crippen molar-refractivity contribution in [3.63, 3.8) is 0 Å². The van der Waals surface area contributed by atoms with E-state index in [1.165, 1.54) is 6.42 Å². The summed E-state index contributed by atoms with van der Waals surface area (Å²) in [7, 11) is 5.80. The molecular formula is C21H21BN2O. The van der Waals surface area contributed by atoms with E-state index in [0.29, 0.717) is 0 Å². The van der Waals surface area contributed by atoms with Crippen molar-refractivity contribution in [1.82, 2.24) is 10.3 Å². The number of benzene rings is 2. The van der Waals surface area contributed by atoms with Gasteiger partial charge in [-0.1, -0.05) is 54.3 Å². The van der Waals surface area contributed by atoms with Crippen molar-refractivity contribution in [3.05, 3.63) is 60.2 Å². The maximum atomic E-state index is 11.0. The molecule has 0 aliphatic carbocycles. The van der Waals surface area contributed by atoms with Gasteiger partial charge in [0.05, 0.1) is 17.3 Å². The van der Waals surface area contributed by atoms with E-state index < -0.39 is 6.10 Å². The lowest BCUT2D eigenvalue weighted by molar-refractivity contribution is 0.115. The molecule has 1 aliphatic rings. The van der Waals surface area contributed by atoms with Gasteiger partial charge in [0.15, 0.2) is 0 Å². The molecule has 2 atom stereocenters. The largest absolute Gasteiger partial charge is 0.387 e. The summed E-state index contributed by atoms with van der Waals surface area (Å²) in [5.74, 6) is 0. The molecule has 0 amide bonds. The number of piperidine rings is 1. The van der Waals surface area contributed by atoms with Gasteiger partial charge in [-0.05, 0) is 37.1 Å². The predicted molar refractivity (Wildman–Crippen MR) is 103 cm³/mol. The van der Waals surface area contributed by atoms with Crippen LogP contribution in [0.3, 0.4) is 0 Å². The van der Waals surface area contributed by atoms with E-state index in [9.17, 15) is 5.11 Å². The number of aromatic nitrogens is 1. The number of pyridine rings is 1. The second-order valence-corrected chi connectivity index (χ2v) is 6.74. The van der Waals surface area contributed by atoms with Crippen molar-refractivity contribution in [2.24, 2.45) is 0 Å². The Kier molecular flexibility index (Phi) is 4.56. The summed E-state index contributed by atoms with van der Waals surface area (Å²) in [5, 5.41) is 15.5. The number of fused-ring (bicyclic) bond motifs is 1. The van der Waals surface area contributed by atoms with Crippen LogP contribution >= 0.6 is 0 Å². The van der Waals surface area contributed by atoms with Gasteiger partial charge >= 0.3 is 0 Å². The van der Waals surface area contributed by atoms with E-state index in [1.54, 1.807) is 0 Å². The highest BCUT2D eigenvalue weighted by molar-refractivity contribution is 6.32. The molecule has 1 fully saturated rings. The molecule has 0 saturated carbocycles. The lowest BCUT2D eigenvalue weighted by Gasteiger charge is -2.29. The van der Waals surface area contributed by atoms with E-state index in [2.05, 4.69) is 5.32 Å². The van der Waals surface area contributed by atoms with Crippen LogP contribution in [0.1, 0.15) is 30.9 Å². The van der Waals surface area contributed by atoms with Gasteiger partial charge in [-0.3, -0.25) is 0 Å². The molecule has 0 spiro atoms. The number of hydrogen-bond acceptors (Lipinski definition) is 3. The third-order valence-corrected chi connectivity index (χ3v) is 5.00. The molecule has 4 rings (SSSR count). The van der Waals surface area contributed by atoms with E-state index in [-0.39, 0.29) is 6.04 Å². The molecule has 3 nitrogen and oxygen atoms in total. The zero-order chi connectivity index (χ0) is 17.2. The molecule has 2 radical (unpaired) electrons. The van der Waals surface area contributed by atoms with Crippen LogP contribution < -0.4 is 10.8 Å². The molecule has 1 aromatic heterocycles. The lowest BCUT2D eigenvalue weighted by atomic mass is 9.91. The lowest BCUT2D eigenvalue weighted by Crippen LogP contribution is -2.38.